The smallest absolute Gasteiger partial charge is 0.237 e. The number of carbonyl (C=O) groups excluding carboxylic acids is 1. The summed E-state index contributed by atoms with van der Waals surface area (Å²) >= 11 is 0. The average molecular weight is 254 g/mol. The zero-order valence-corrected chi connectivity index (χ0v) is 12.7. The first-order chi connectivity index (χ1) is 8.28. The first-order valence-corrected chi connectivity index (χ1v) is 7.33. The Morgan fingerprint density at radius 3 is 2.28 bits per heavy atom. The van der Waals surface area contributed by atoms with Gasteiger partial charge in [-0.3, -0.25) is 4.79 Å². The van der Waals surface area contributed by atoms with E-state index in [2.05, 4.69) is 17.6 Å². The largest absolute Gasteiger partial charge is 0.350 e. The lowest BCUT2D eigenvalue weighted by atomic mass is 9.83. The van der Waals surface area contributed by atoms with Gasteiger partial charge in [0.05, 0.1) is 6.04 Å². The number of hydrogen-bond acceptors (Lipinski definition) is 2. The van der Waals surface area contributed by atoms with E-state index in [1.54, 1.807) is 0 Å². The van der Waals surface area contributed by atoms with Gasteiger partial charge in [-0.05, 0) is 52.4 Å². The van der Waals surface area contributed by atoms with E-state index in [1.807, 2.05) is 27.7 Å². The lowest BCUT2D eigenvalue weighted by Crippen LogP contribution is -2.51. The SMILES string of the molecule is CCC1(CNC(C)C(=O)NC(C)(C)C)CCCC1. The van der Waals surface area contributed by atoms with Gasteiger partial charge in [-0.2, -0.15) is 0 Å². The van der Waals surface area contributed by atoms with Crippen molar-refractivity contribution in [3.8, 4) is 0 Å². The van der Waals surface area contributed by atoms with Gasteiger partial charge in [0.1, 0.15) is 0 Å². The fourth-order valence-electron chi connectivity index (χ4n) is 2.72. The van der Waals surface area contributed by atoms with Crippen LogP contribution in [0.1, 0.15) is 66.7 Å². The molecule has 1 rings (SSSR count). The van der Waals surface area contributed by atoms with E-state index >= 15 is 0 Å². The maximum absolute atomic E-state index is 12.0. The third-order valence-corrected chi connectivity index (χ3v) is 4.09. The van der Waals surface area contributed by atoms with Gasteiger partial charge in [0.2, 0.25) is 5.91 Å². The first kappa shape index (κ1) is 15.5. The monoisotopic (exact) mass is 254 g/mol. The van der Waals surface area contributed by atoms with Crippen molar-refractivity contribution in [3.63, 3.8) is 0 Å². The summed E-state index contributed by atoms with van der Waals surface area (Å²) in [6, 6.07) is -0.103. The molecule has 0 heterocycles. The van der Waals surface area contributed by atoms with Gasteiger partial charge in [0, 0.05) is 12.1 Å². The van der Waals surface area contributed by atoms with Crippen LogP contribution in [0.25, 0.3) is 0 Å². The van der Waals surface area contributed by atoms with Crippen molar-refractivity contribution in [2.45, 2.75) is 78.3 Å². The molecule has 1 saturated carbocycles. The molecular formula is C15H30N2O. The van der Waals surface area contributed by atoms with Crippen LogP contribution in [0.15, 0.2) is 0 Å². The molecule has 0 radical (unpaired) electrons. The zero-order valence-electron chi connectivity index (χ0n) is 12.7. The molecule has 0 spiro atoms. The number of rotatable bonds is 5. The summed E-state index contributed by atoms with van der Waals surface area (Å²) in [6.45, 7) is 11.3. The Hall–Kier alpha value is -0.570. The summed E-state index contributed by atoms with van der Waals surface area (Å²) in [4.78, 5) is 12.0. The third kappa shape index (κ3) is 4.60. The highest BCUT2D eigenvalue weighted by Gasteiger charge is 2.32. The Bertz CT molecular complexity index is 275. The molecule has 0 saturated heterocycles. The van der Waals surface area contributed by atoms with Gasteiger partial charge < -0.3 is 10.6 Å². The molecule has 0 bridgehead atoms. The summed E-state index contributed by atoms with van der Waals surface area (Å²) in [5.41, 5.74) is 0.291. The molecule has 1 unspecified atom stereocenters. The highest BCUT2D eigenvalue weighted by atomic mass is 16.2. The van der Waals surface area contributed by atoms with Crippen molar-refractivity contribution in [1.82, 2.24) is 10.6 Å². The average Bonchev–Trinajstić information content (AvgIpc) is 2.73. The van der Waals surface area contributed by atoms with E-state index in [-0.39, 0.29) is 17.5 Å². The maximum Gasteiger partial charge on any atom is 0.237 e. The minimum Gasteiger partial charge on any atom is -0.350 e. The predicted octanol–water partition coefficient (Wildman–Crippen LogP) is 2.85. The van der Waals surface area contributed by atoms with Crippen molar-refractivity contribution in [2.24, 2.45) is 5.41 Å². The number of nitrogens with one attached hydrogen (secondary N) is 2. The van der Waals surface area contributed by atoms with E-state index in [0.29, 0.717) is 5.41 Å². The number of carbonyl (C=O) groups is 1. The van der Waals surface area contributed by atoms with Crippen LogP contribution in [0.4, 0.5) is 0 Å². The van der Waals surface area contributed by atoms with Crippen LogP contribution in [-0.4, -0.2) is 24.0 Å². The Kier molecular flexibility index (Phi) is 5.20. The molecule has 1 amide bonds. The summed E-state index contributed by atoms with van der Waals surface area (Å²) in [7, 11) is 0. The lowest BCUT2D eigenvalue weighted by molar-refractivity contribution is -0.124. The lowest BCUT2D eigenvalue weighted by Gasteiger charge is -2.30. The molecular weight excluding hydrogens is 224 g/mol. The van der Waals surface area contributed by atoms with Gasteiger partial charge in [0.15, 0.2) is 0 Å². The molecule has 1 atom stereocenters. The highest BCUT2D eigenvalue weighted by Crippen LogP contribution is 2.40. The standard InChI is InChI=1S/C15H30N2O/c1-6-15(9-7-8-10-15)11-16-12(2)13(18)17-14(3,4)5/h12,16H,6-11H2,1-5H3,(H,17,18). The van der Waals surface area contributed by atoms with Crippen LogP contribution in [-0.2, 0) is 4.79 Å². The molecule has 106 valence electrons. The molecule has 18 heavy (non-hydrogen) atoms. The van der Waals surface area contributed by atoms with Crippen molar-refractivity contribution < 1.29 is 4.79 Å². The van der Waals surface area contributed by atoms with Gasteiger partial charge in [-0.15, -0.1) is 0 Å². The van der Waals surface area contributed by atoms with E-state index in [9.17, 15) is 4.79 Å². The Labute approximate surface area is 112 Å². The highest BCUT2D eigenvalue weighted by molar-refractivity contribution is 5.81. The number of amides is 1. The molecule has 1 aliphatic rings. The number of hydrogen-bond donors (Lipinski definition) is 2. The minimum absolute atomic E-state index is 0.103. The second-order valence-electron chi connectivity index (χ2n) is 6.90. The normalized spacial score (nSPS) is 20.7. The van der Waals surface area contributed by atoms with Crippen molar-refractivity contribution in [2.75, 3.05) is 6.54 Å². The van der Waals surface area contributed by atoms with Crippen LogP contribution in [0.2, 0.25) is 0 Å². The fraction of sp³-hybridized carbons (Fsp3) is 0.933. The van der Waals surface area contributed by atoms with Crippen molar-refractivity contribution >= 4 is 5.91 Å². The van der Waals surface area contributed by atoms with Crippen LogP contribution >= 0.6 is 0 Å². The van der Waals surface area contributed by atoms with E-state index in [0.717, 1.165) is 6.54 Å². The maximum atomic E-state index is 12.0. The van der Waals surface area contributed by atoms with Crippen LogP contribution in [0, 0.1) is 5.41 Å². The summed E-state index contributed by atoms with van der Waals surface area (Å²) in [5, 5.41) is 6.45. The van der Waals surface area contributed by atoms with E-state index in [4.69, 9.17) is 0 Å². The molecule has 3 heteroatoms. The van der Waals surface area contributed by atoms with Crippen molar-refractivity contribution in [3.05, 3.63) is 0 Å². The van der Waals surface area contributed by atoms with Crippen LogP contribution in [0.5, 0.6) is 0 Å². The van der Waals surface area contributed by atoms with Crippen molar-refractivity contribution in [1.29, 1.82) is 0 Å². The molecule has 0 aromatic heterocycles. The van der Waals surface area contributed by atoms with E-state index in [1.165, 1.54) is 32.1 Å². The Morgan fingerprint density at radius 1 is 1.28 bits per heavy atom. The second-order valence-corrected chi connectivity index (χ2v) is 6.90. The predicted molar refractivity (Wildman–Crippen MR) is 76.6 cm³/mol. The molecule has 0 aromatic carbocycles. The van der Waals surface area contributed by atoms with Crippen LogP contribution < -0.4 is 10.6 Å². The zero-order chi connectivity index (χ0) is 13.8. The summed E-state index contributed by atoms with van der Waals surface area (Å²) in [5.74, 6) is 0.103. The van der Waals surface area contributed by atoms with Gasteiger partial charge in [0.25, 0.3) is 0 Å². The third-order valence-electron chi connectivity index (χ3n) is 4.09. The minimum atomic E-state index is -0.150. The summed E-state index contributed by atoms with van der Waals surface area (Å²) < 4.78 is 0. The fourth-order valence-corrected chi connectivity index (χ4v) is 2.72. The molecule has 1 aliphatic carbocycles. The van der Waals surface area contributed by atoms with E-state index < -0.39 is 0 Å². The Morgan fingerprint density at radius 2 is 1.83 bits per heavy atom. The Balaban J connectivity index is 2.40. The molecule has 0 aromatic rings. The van der Waals surface area contributed by atoms with Gasteiger partial charge in [-0.1, -0.05) is 19.8 Å². The van der Waals surface area contributed by atoms with Gasteiger partial charge in [-0.25, -0.2) is 0 Å². The molecule has 3 nitrogen and oxygen atoms in total. The van der Waals surface area contributed by atoms with Gasteiger partial charge >= 0.3 is 0 Å². The molecule has 1 fully saturated rings. The molecule has 0 aliphatic heterocycles. The second kappa shape index (κ2) is 6.05. The molecule has 2 N–H and O–H groups in total. The topological polar surface area (TPSA) is 41.1 Å². The first-order valence-electron chi connectivity index (χ1n) is 7.33. The van der Waals surface area contributed by atoms with Crippen LogP contribution in [0.3, 0.4) is 0 Å². The quantitative estimate of drug-likeness (QED) is 0.792. The summed E-state index contributed by atoms with van der Waals surface area (Å²) in [6.07, 6.45) is 6.53.